The van der Waals surface area contributed by atoms with E-state index in [4.69, 9.17) is 4.98 Å². The van der Waals surface area contributed by atoms with E-state index in [0.29, 0.717) is 0 Å². The molecule has 26 heavy (non-hydrogen) atoms. The van der Waals surface area contributed by atoms with Crippen LogP contribution in [-0.4, -0.2) is 4.98 Å². The Kier molecular flexibility index (Phi) is 6.82. The molecule has 1 aromatic heterocycles. The number of rotatable bonds is 9. The van der Waals surface area contributed by atoms with E-state index in [1.54, 1.807) is 0 Å². The molecule has 0 spiro atoms. The molecule has 0 saturated heterocycles. The number of pyridine rings is 1. The maximum Gasteiger partial charge on any atom is 0.0783 e. The first-order valence-electron chi connectivity index (χ1n) is 10.3. The van der Waals surface area contributed by atoms with Gasteiger partial charge >= 0.3 is 0 Å². The molecule has 0 bridgehead atoms. The summed E-state index contributed by atoms with van der Waals surface area (Å²) in [5, 5.41) is 2.70. The van der Waals surface area contributed by atoms with Gasteiger partial charge in [-0.3, -0.25) is 4.98 Å². The lowest BCUT2D eigenvalue weighted by Gasteiger charge is -2.16. The Hall–Kier alpha value is -2.15. The van der Waals surface area contributed by atoms with Gasteiger partial charge in [-0.2, -0.15) is 0 Å². The van der Waals surface area contributed by atoms with E-state index in [-0.39, 0.29) is 0 Å². The van der Waals surface area contributed by atoms with E-state index in [2.05, 4.69) is 68.4 Å². The predicted molar refractivity (Wildman–Crippen MR) is 114 cm³/mol. The minimum absolute atomic E-state index is 1.10. The van der Waals surface area contributed by atoms with Crippen LogP contribution in [0.3, 0.4) is 0 Å². The maximum atomic E-state index is 5.22. The summed E-state index contributed by atoms with van der Waals surface area (Å²) >= 11 is 0. The van der Waals surface area contributed by atoms with Crippen LogP contribution in [0.2, 0.25) is 0 Å². The van der Waals surface area contributed by atoms with Crippen LogP contribution in [0.5, 0.6) is 0 Å². The largest absolute Gasteiger partial charge is 0.252 e. The molecule has 136 valence electrons. The lowest BCUT2D eigenvalue weighted by Crippen LogP contribution is -2.03. The number of aromatic nitrogens is 1. The quantitative estimate of drug-likeness (QED) is 0.369. The Labute approximate surface area is 158 Å². The Balaban J connectivity index is 2.11. The van der Waals surface area contributed by atoms with E-state index >= 15 is 0 Å². The summed E-state index contributed by atoms with van der Waals surface area (Å²) < 4.78 is 0. The molecule has 1 nitrogen and oxygen atoms in total. The second-order valence-electron chi connectivity index (χ2n) is 7.21. The molecule has 3 aromatic rings. The van der Waals surface area contributed by atoms with Crippen molar-refractivity contribution in [1.29, 1.82) is 0 Å². The minimum atomic E-state index is 1.10. The van der Waals surface area contributed by atoms with Gasteiger partial charge in [0.25, 0.3) is 0 Å². The molecule has 0 N–H and O–H groups in total. The molecule has 3 rings (SSSR count). The molecule has 0 aliphatic rings. The van der Waals surface area contributed by atoms with E-state index in [1.807, 2.05) is 0 Å². The molecule has 2 aromatic carbocycles. The Bertz CT molecular complexity index is 820. The highest BCUT2D eigenvalue weighted by atomic mass is 14.7. The SMILES string of the molecule is CCCCCc1nc(-c2ccccc2)c2ccccc2c1CCCCC. The summed E-state index contributed by atoms with van der Waals surface area (Å²) in [6.45, 7) is 4.54. The molecular weight excluding hydrogens is 314 g/mol. The van der Waals surface area contributed by atoms with Crippen molar-refractivity contribution >= 4 is 10.8 Å². The van der Waals surface area contributed by atoms with Crippen LogP contribution < -0.4 is 0 Å². The highest BCUT2D eigenvalue weighted by Crippen LogP contribution is 2.32. The van der Waals surface area contributed by atoms with Gasteiger partial charge in [-0.05, 0) is 36.6 Å². The van der Waals surface area contributed by atoms with Gasteiger partial charge in [0.1, 0.15) is 0 Å². The van der Waals surface area contributed by atoms with Crippen molar-refractivity contribution in [3.63, 3.8) is 0 Å². The zero-order valence-corrected chi connectivity index (χ0v) is 16.3. The number of nitrogens with zero attached hydrogens (tertiary/aromatic N) is 1. The molecule has 0 amide bonds. The summed E-state index contributed by atoms with van der Waals surface area (Å²) in [7, 11) is 0. The highest BCUT2D eigenvalue weighted by Gasteiger charge is 2.14. The lowest BCUT2D eigenvalue weighted by atomic mass is 9.93. The molecule has 0 saturated carbocycles. The summed E-state index contributed by atoms with van der Waals surface area (Å²) in [6, 6.07) is 19.5. The molecule has 0 aliphatic heterocycles. The van der Waals surface area contributed by atoms with Gasteiger partial charge in [0, 0.05) is 16.6 Å². The first kappa shape index (κ1) is 18.6. The van der Waals surface area contributed by atoms with Crippen molar-refractivity contribution in [1.82, 2.24) is 4.98 Å². The number of aryl methyl sites for hydroxylation is 2. The highest BCUT2D eigenvalue weighted by molar-refractivity contribution is 5.97. The third kappa shape index (κ3) is 4.33. The fourth-order valence-electron chi connectivity index (χ4n) is 3.77. The van der Waals surface area contributed by atoms with Crippen molar-refractivity contribution in [2.24, 2.45) is 0 Å². The second kappa shape index (κ2) is 9.52. The fraction of sp³-hybridized carbons (Fsp3) is 0.400. The van der Waals surface area contributed by atoms with Gasteiger partial charge in [0.15, 0.2) is 0 Å². The number of hydrogen-bond donors (Lipinski definition) is 0. The van der Waals surface area contributed by atoms with Crippen LogP contribution >= 0.6 is 0 Å². The molecule has 0 radical (unpaired) electrons. The van der Waals surface area contributed by atoms with Gasteiger partial charge in [0.05, 0.1) is 5.69 Å². The first-order chi connectivity index (χ1) is 12.8. The van der Waals surface area contributed by atoms with Gasteiger partial charge in [-0.25, -0.2) is 0 Å². The summed E-state index contributed by atoms with van der Waals surface area (Å²) in [4.78, 5) is 5.22. The molecule has 1 heteroatoms. The average molecular weight is 346 g/mol. The van der Waals surface area contributed by atoms with E-state index < -0.39 is 0 Å². The summed E-state index contributed by atoms with van der Waals surface area (Å²) in [6.07, 6.45) is 9.83. The van der Waals surface area contributed by atoms with Crippen molar-refractivity contribution in [2.75, 3.05) is 0 Å². The molecular formula is C25H31N. The van der Waals surface area contributed by atoms with Crippen LogP contribution in [0, 0.1) is 0 Å². The predicted octanol–water partition coefficient (Wildman–Crippen LogP) is 7.37. The molecule has 1 heterocycles. The van der Waals surface area contributed by atoms with Gasteiger partial charge in [0.2, 0.25) is 0 Å². The third-order valence-electron chi connectivity index (χ3n) is 5.20. The van der Waals surface area contributed by atoms with Crippen LogP contribution in [0.1, 0.15) is 63.6 Å². The fourth-order valence-corrected chi connectivity index (χ4v) is 3.77. The van der Waals surface area contributed by atoms with E-state index in [0.717, 1.165) is 18.5 Å². The minimum Gasteiger partial charge on any atom is -0.252 e. The van der Waals surface area contributed by atoms with Crippen molar-refractivity contribution < 1.29 is 0 Å². The Morgan fingerprint density at radius 3 is 1.96 bits per heavy atom. The number of unbranched alkanes of at least 4 members (excludes halogenated alkanes) is 4. The maximum absolute atomic E-state index is 5.22. The first-order valence-corrected chi connectivity index (χ1v) is 10.3. The number of fused-ring (bicyclic) bond motifs is 1. The third-order valence-corrected chi connectivity index (χ3v) is 5.20. The van der Waals surface area contributed by atoms with Crippen LogP contribution in [0.25, 0.3) is 22.0 Å². The number of hydrogen-bond acceptors (Lipinski definition) is 1. The smallest absolute Gasteiger partial charge is 0.0783 e. The number of benzene rings is 2. The van der Waals surface area contributed by atoms with E-state index in [1.165, 1.54) is 66.1 Å². The zero-order chi connectivity index (χ0) is 18.2. The average Bonchev–Trinajstić information content (AvgIpc) is 2.70. The topological polar surface area (TPSA) is 12.9 Å². The zero-order valence-electron chi connectivity index (χ0n) is 16.3. The normalized spacial score (nSPS) is 11.2. The lowest BCUT2D eigenvalue weighted by molar-refractivity contribution is 0.686. The molecule has 0 atom stereocenters. The van der Waals surface area contributed by atoms with Gasteiger partial charge in [-0.1, -0.05) is 94.1 Å². The van der Waals surface area contributed by atoms with Crippen LogP contribution in [0.4, 0.5) is 0 Å². The summed E-state index contributed by atoms with van der Waals surface area (Å²) in [5.74, 6) is 0. The standard InChI is InChI=1S/C25H31N/c1-3-5-8-17-22-21-16-12-13-18-23(21)25(20-14-10-7-11-15-20)26-24(22)19-9-6-4-2/h7,10-16,18H,3-6,8-9,17,19H2,1-2H3. The van der Waals surface area contributed by atoms with Crippen molar-refractivity contribution in [2.45, 2.75) is 65.2 Å². The Morgan fingerprint density at radius 2 is 1.27 bits per heavy atom. The molecule has 0 unspecified atom stereocenters. The Morgan fingerprint density at radius 1 is 0.654 bits per heavy atom. The second-order valence-corrected chi connectivity index (χ2v) is 7.21. The van der Waals surface area contributed by atoms with Gasteiger partial charge < -0.3 is 0 Å². The molecule has 0 aliphatic carbocycles. The van der Waals surface area contributed by atoms with Crippen LogP contribution in [0.15, 0.2) is 54.6 Å². The summed E-state index contributed by atoms with van der Waals surface area (Å²) in [5.41, 5.74) is 5.18. The van der Waals surface area contributed by atoms with Crippen LogP contribution in [-0.2, 0) is 12.8 Å². The van der Waals surface area contributed by atoms with E-state index in [9.17, 15) is 0 Å². The van der Waals surface area contributed by atoms with Gasteiger partial charge in [-0.15, -0.1) is 0 Å². The monoisotopic (exact) mass is 345 g/mol. The van der Waals surface area contributed by atoms with Crippen molar-refractivity contribution in [3.8, 4) is 11.3 Å². The molecule has 0 fully saturated rings. The van der Waals surface area contributed by atoms with Crippen molar-refractivity contribution in [3.05, 3.63) is 65.9 Å².